The summed E-state index contributed by atoms with van der Waals surface area (Å²) in [4.78, 5) is 0. The largest absolute Gasteiger partial charge is 0.493 e. The molecule has 1 aromatic carbocycles. The Kier molecular flexibility index (Phi) is 6.31. The highest BCUT2D eigenvalue weighted by Crippen LogP contribution is 2.21. The Labute approximate surface area is 121 Å². The van der Waals surface area contributed by atoms with Crippen LogP contribution in [0.15, 0.2) is 18.2 Å². The number of hydrogen-bond donors (Lipinski definition) is 1. The average molecular weight is 279 g/mol. The lowest BCUT2D eigenvalue weighted by molar-refractivity contribution is 0.302. The summed E-state index contributed by atoms with van der Waals surface area (Å²) in [6.07, 6.45) is 8.54. The van der Waals surface area contributed by atoms with Crippen LogP contribution in [-0.4, -0.2) is 12.6 Å². The van der Waals surface area contributed by atoms with Gasteiger partial charge in [-0.1, -0.05) is 32.6 Å². The second-order valence-electron chi connectivity index (χ2n) is 5.71. The van der Waals surface area contributed by atoms with E-state index < -0.39 is 0 Å². The van der Waals surface area contributed by atoms with Gasteiger partial charge in [0.1, 0.15) is 11.6 Å². The van der Waals surface area contributed by atoms with Crippen LogP contribution in [0, 0.1) is 5.82 Å². The molecule has 1 fully saturated rings. The first kappa shape index (κ1) is 15.3. The van der Waals surface area contributed by atoms with Crippen LogP contribution in [-0.2, 0) is 6.54 Å². The van der Waals surface area contributed by atoms with Gasteiger partial charge in [-0.05, 0) is 37.0 Å². The molecule has 2 nitrogen and oxygen atoms in total. The molecule has 0 aliphatic heterocycles. The van der Waals surface area contributed by atoms with Crippen molar-refractivity contribution >= 4 is 0 Å². The molecule has 1 N–H and O–H groups in total. The number of ether oxygens (including phenoxy) is 1. The maximum absolute atomic E-state index is 13.5. The maximum atomic E-state index is 13.5. The second-order valence-corrected chi connectivity index (χ2v) is 5.71. The number of unbranched alkanes of at least 4 members (excludes halogenated alkanes) is 4. The van der Waals surface area contributed by atoms with Crippen LogP contribution in [0.1, 0.15) is 57.4 Å². The molecule has 20 heavy (non-hydrogen) atoms. The fourth-order valence-electron chi connectivity index (χ4n) is 2.25. The zero-order valence-corrected chi connectivity index (χ0v) is 12.5. The fourth-order valence-corrected chi connectivity index (χ4v) is 2.25. The first-order valence-corrected chi connectivity index (χ1v) is 7.93. The van der Waals surface area contributed by atoms with Gasteiger partial charge in [-0.2, -0.15) is 0 Å². The highest BCUT2D eigenvalue weighted by atomic mass is 19.1. The molecule has 112 valence electrons. The Morgan fingerprint density at radius 2 is 1.95 bits per heavy atom. The van der Waals surface area contributed by atoms with Gasteiger partial charge < -0.3 is 10.1 Å². The van der Waals surface area contributed by atoms with E-state index in [4.69, 9.17) is 4.74 Å². The highest BCUT2D eigenvalue weighted by Gasteiger charge is 2.20. The summed E-state index contributed by atoms with van der Waals surface area (Å²) in [7, 11) is 0. The molecule has 0 atom stereocenters. The van der Waals surface area contributed by atoms with E-state index in [1.54, 1.807) is 6.07 Å². The van der Waals surface area contributed by atoms with E-state index in [9.17, 15) is 4.39 Å². The number of halogens is 1. The molecule has 0 bridgehead atoms. The molecule has 0 amide bonds. The maximum Gasteiger partial charge on any atom is 0.127 e. The minimum Gasteiger partial charge on any atom is -0.493 e. The van der Waals surface area contributed by atoms with Crippen LogP contribution in [0.25, 0.3) is 0 Å². The first-order chi connectivity index (χ1) is 9.78. The lowest BCUT2D eigenvalue weighted by Gasteiger charge is -2.09. The van der Waals surface area contributed by atoms with Gasteiger partial charge >= 0.3 is 0 Å². The predicted molar refractivity (Wildman–Crippen MR) is 80.5 cm³/mol. The Hall–Kier alpha value is -1.09. The minimum atomic E-state index is -0.207. The zero-order valence-electron chi connectivity index (χ0n) is 12.5. The molecule has 0 aromatic heterocycles. The second kappa shape index (κ2) is 8.25. The van der Waals surface area contributed by atoms with Crippen molar-refractivity contribution in [2.75, 3.05) is 6.61 Å². The molecule has 1 aliphatic carbocycles. The smallest absolute Gasteiger partial charge is 0.127 e. The summed E-state index contributed by atoms with van der Waals surface area (Å²) in [6, 6.07) is 5.65. The van der Waals surface area contributed by atoms with Gasteiger partial charge in [0.15, 0.2) is 0 Å². The molecule has 1 aliphatic rings. The zero-order chi connectivity index (χ0) is 14.2. The molecular weight excluding hydrogens is 253 g/mol. The Morgan fingerprint density at radius 3 is 2.70 bits per heavy atom. The fraction of sp³-hybridized carbons (Fsp3) is 0.647. The molecular formula is C17H26FNO. The summed E-state index contributed by atoms with van der Waals surface area (Å²) in [6.45, 7) is 3.62. The van der Waals surface area contributed by atoms with Crippen LogP contribution in [0.5, 0.6) is 5.75 Å². The SMILES string of the molecule is CCCCCCCOc1cc(F)cc(CNC2CC2)c1. The van der Waals surface area contributed by atoms with Crippen molar-refractivity contribution in [1.29, 1.82) is 0 Å². The molecule has 0 radical (unpaired) electrons. The molecule has 0 unspecified atom stereocenters. The molecule has 1 aromatic rings. The van der Waals surface area contributed by atoms with Gasteiger partial charge in [-0.3, -0.25) is 0 Å². The van der Waals surface area contributed by atoms with Crippen LogP contribution in [0.3, 0.4) is 0 Å². The third-order valence-corrected chi connectivity index (χ3v) is 3.62. The Morgan fingerprint density at radius 1 is 1.15 bits per heavy atom. The van der Waals surface area contributed by atoms with Crippen molar-refractivity contribution < 1.29 is 9.13 Å². The normalized spacial score (nSPS) is 14.5. The van der Waals surface area contributed by atoms with Gasteiger partial charge in [0.05, 0.1) is 6.61 Å². The predicted octanol–water partition coefficient (Wildman–Crippen LogP) is 4.43. The Bertz CT molecular complexity index is 404. The lowest BCUT2D eigenvalue weighted by Crippen LogP contribution is -2.15. The molecule has 0 spiro atoms. The van der Waals surface area contributed by atoms with Crippen LogP contribution >= 0.6 is 0 Å². The van der Waals surface area contributed by atoms with Crippen molar-refractivity contribution in [2.24, 2.45) is 0 Å². The van der Waals surface area contributed by atoms with E-state index in [0.717, 1.165) is 18.5 Å². The van der Waals surface area contributed by atoms with Crippen LogP contribution < -0.4 is 10.1 Å². The summed E-state index contributed by atoms with van der Waals surface area (Å²) in [5.74, 6) is 0.453. The van der Waals surface area contributed by atoms with Crippen molar-refractivity contribution in [3.8, 4) is 5.75 Å². The number of benzene rings is 1. The van der Waals surface area contributed by atoms with E-state index in [1.807, 2.05) is 6.07 Å². The standard InChI is InChI=1S/C17H26FNO/c1-2-3-4-5-6-9-20-17-11-14(10-15(18)12-17)13-19-16-7-8-16/h10-12,16,19H,2-9,13H2,1H3. The third kappa shape index (κ3) is 5.91. The van der Waals surface area contributed by atoms with E-state index >= 15 is 0 Å². The van der Waals surface area contributed by atoms with Crippen molar-refractivity contribution in [2.45, 2.75) is 64.5 Å². The molecule has 1 saturated carbocycles. The van der Waals surface area contributed by atoms with E-state index in [-0.39, 0.29) is 5.82 Å². The summed E-state index contributed by atoms with van der Waals surface area (Å²) in [5.41, 5.74) is 0.970. The first-order valence-electron chi connectivity index (χ1n) is 7.93. The molecule has 0 saturated heterocycles. The summed E-state index contributed by atoms with van der Waals surface area (Å²) in [5, 5.41) is 3.40. The van der Waals surface area contributed by atoms with Gasteiger partial charge in [-0.25, -0.2) is 4.39 Å². The molecule has 3 heteroatoms. The van der Waals surface area contributed by atoms with Crippen LogP contribution in [0.2, 0.25) is 0 Å². The average Bonchev–Trinajstić information content (AvgIpc) is 3.24. The molecule has 2 rings (SSSR count). The van der Waals surface area contributed by atoms with Crippen molar-refractivity contribution in [3.63, 3.8) is 0 Å². The topological polar surface area (TPSA) is 21.3 Å². The number of hydrogen-bond acceptors (Lipinski definition) is 2. The van der Waals surface area contributed by atoms with Gasteiger partial charge in [-0.15, -0.1) is 0 Å². The molecule has 0 heterocycles. The van der Waals surface area contributed by atoms with Gasteiger partial charge in [0.25, 0.3) is 0 Å². The van der Waals surface area contributed by atoms with E-state index in [2.05, 4.69) is 12.2 Å². The summed E-state index contributed by atoms with van der Waals surface area (Å²) >= 11 is 0. The van der Waals surface area contributed by atoms with E-state index in [0.29, 0.717) is 18.4 Å². The number of rotatable bonds is 10. The van der Waals surface area contributed by atoms with Crippen LogP contribution in [0.4, 0.5) is 4.39 Å². The third-order valence-electron chi connectivity index (χ3n) is 3.62. The lowest BCUT2D eigenvalue weighted by atomic mass is 10.1. The monoisotopic (exact) mass is 279 g/mol. The summed E-state index contributed by atoms with van der Waals surface area (Å²) < 4.78 is 19.2. The highest BCUT2D eigenvalue weighted by molar-refractivity contribution is 5.29. The van der Waals surface area contributed by atoms with E-state index in [1.165, 1.54) is 44.6 Å². The van der Waals surface area contributed by atoms with Gasteiger partial charge in [0.2, 0.25) is 0 Å². The number of nitrogens with one attached hydrogen (secondary N) is 1. The minimum absolute atomic E-state index is 0.207. The van der Waals surface area contributed by atoms with Crippen molar-refractivity contribution in [3.05, 3.63) is 29.6 Å². The quantitative estimate of drug-likeness (QED) is 0.640. The van der Waals surface area contributed by atoms with Gasteiger partial charge in [0, 0.05) is 18.7 Å². The van der Waals surface area contributed by atoms with Crippen molar-refractivity contribution in [1.82, 2.24) is 5.32 Å². The Balaban J connectivity index is 1.72.